The SMILES string of the molecule is Fc1ccc(C#Cc2ccccc2S)cc1. The highest BCUT2D eigenvalue weighted by atomic mass is 32.1. The summed E-state index contributed by atoms with van der Waals surface area (Å²) in [6.07, 6.45) is 0. The molecule has 0 aliphatic heterocycles. The molecule has 0 aromatic heterocycles. The Kier molecular flexibility index (Phi) is 3.28. The van der Waals surface area contributed by atoms with E-state index in [1.54, 1.807) is 12.1 Å². The fourth-order valence-corrected chi connectivity index (χ4v) is 1.47. The predicted octanol–water partition coefficient (Wildman–Crippen LogP) is 3.51. The average molecular weight is 228 g/mol. The van der Waals surface area contributed by atoms with E-state index in [1.165, 1.54) is 12.1 Å². The molecule has 2 rings (SSSR count). The van der Waals surface area contributed by atoms with Crippen LogP contribution in [0, 0.1) is 17.7 Å². The molecule has 2 heteroatoms. The van der Waals surface area contributed by atoms with Gasteiger partial charge in [-0.25, -0.2) is 4.39 Å². The van der Waals surface area contributed by atoms with Crippen LogP contribution in [0.15, 0.2) is 53.4 Å². The van der Waals surface area contributed by atoms with Gasteiger partial charge in [0.15, 0.2) is 0 Å². The third kappa shape index (κ3) is 2.65. The number of hydrogen-bond acceptors (Lipinski definition) is 1. The summed E-state index contributed by atoms with van der Waals surface area (Å²) in [4.78, 5) is 0.845. The van der Waals surface area contributed by atoms with Crippen molar-refractivity contribution in [1.82, 2.24) is 0 Å². The van der Waals surface area contributed by atoms with Gasteiger partial charge < -0.3 is 0 Å². The summed E-state index contributed by atoms with van der Waals surface area (Å²) >= 11 is 4.30. The maximum atomic E-state index is 12.7. The summed E-state index contributed by atoms with van der Waals surface area (Å²) in [5.74, 6) is 5.71. The van der Waals surface area contributed by atoms with Crippen molar-refractivity contribution >= 4 is 12.6 Å². The van der Waals surface area contributed by atoms with Crippen LogP contribution < -0.4 is 0 Å². The molecule has 0 heterocycles. The van der Waals surface area contributed by atoms with Gasteiger partial charge in [0.25, 0.3) is 0 Å². The van der Waals surface area contributed by atoms with Gasteiger partial charge in [-0.05, 0) is 36.4 Å². The molecule has 0 amide bonds. The molecule has 0 saturated carbocycles. The van der Waals surface area contributed by atoms with Gasteiger partial charge in [0.1, 0.15) is 5.82 Å². The van der Waals surface area contributed by atoms with Crippen LogP contribution in [-0.4, -0.2) is 0 Å². The minimum atomic E-state index is -0.250. The number of halogens is 1. The van der Waals surface area contributed by atoms with Crippen LogP contribution in [0.5, 0.6) is 0 Å². The van der Waals surface area contributed by atoms with Crippen molar-refractivity contribution in [1.29, 1.82) is 0 Å². The quantitative estimate of drug-likeness (QED) is 0.517. The Morgan fingerprint density at radius 1 is 0.875 bits per heavy atom. The molecular formula is C14H9FS. The van der Waals surface area contributed by atoms with Crippen molar-refractivity contribution in [2.45, 2.75) is 4.90 Å². The monoisotopic (exact) mass is 228 g/mol. The second-order valence-electron chi connectivity index (χ2n) is 3.27. The first-order valence-electron chi connectivity index (χ1n) is 4.81. The van der Waals surface area contributed by atoms with Gasteiger partial charge in [-0.15, -0.1) is 12.6 Å². The van der Waals surface area contributed by atoms with E-state index >= 15 is 0 Å². The van der Waals surface area contributed by atoms with E-state index < -0.39 is 0 Å². The summed E-state index contributed by atoms with van der Waals surface area (Å²) in [6, 6.07) is 13.7. The second kappa shape index (κ2) is 4.87. The van der Waals surface area contributed by atoms with Crippen molar-refractivity contribution in [3.8, 4) is 11.8 Å². The van der Waals surface area contributed by atoms with Crippen LogP contribution >= 0.6 is 12.6 Å². The molecule has 2 aromatic carbocycles. The number of rotatable bonds is 0. The van der Waals surface area contributed by atoms with Crippen molar-refractivity contribution in [3.05, 3.63) is 65.5 Å². The highest BCUT2D eigenvalue weighted by Crippen LogP contribution is 2.11. The first kappa shape index (κ1) is 10.8. The maximum Gasteiger partial charge on any atom is 0.123 e. The van der Waals surface area contributed by atoms with Gasteiger partial charge in [-0.3, -0.25) is 0 Å². The fourth-order valence-electron chi connectivity index (χ4n) is 1.25. The summed E-state index contributed by atoms with van der Waals surface area (Å²) < 4.78 is 12.7. The summed E-state index contributed by atoms with van der Waals surface area (Å²) in [5, 5.41) is 0. The summed E-state index contributed by atoms with van der Waals surface area (Å²) in [5.41, 5.74) is 1.66. The topological polar surface area (TPSA) is 0 Å². The highest BCUT2D eigenvalue weighted by molar-refractivity contribution is 7.80. The second-order valence-corrected chi connectivity index (χ2v) is 3.76. The maximum absolute atomic E-state index is 12.7. The van der Waals surface area contributed by atoms with E-state index in [2.05, 4.69) is 24.5 Å². The lowest BCUT2D eigenvalue weighted by Crippen LogP contribution is -1.78. The van der Waals surface area contributed by atoms with E-state index in [0.29, 0.717) is 0 Å². The Labute approximate surface area is 99.5 Å². The first-order valence-corrected chi connectivity index (χ1v) is 5.26. The zero-order chi connectivity index (χ0) is 11.4. The van der Waals surface area contributed by atoms with E-state index in [-0.39, 0.29) is 5.82 Å². The van der Waals surface area contributed by atoms with Gasteiger partial charge in [0.05, 0.1) is 0 Å². The fraction of sp³-hybridized carbons (Fsp3) is 0. The van der Waals surface area contributed by atoms with Crippen LogP contribution in [0.25, 0.3) is 0 Å². The Morgan fingerprint density at radius 3 is 2.25 bits per heavy atom. The largest absolute Gasteiger partial charge is 0.207 e. The molecule has 0 fully saturated rings. The van der Waals surface area contributed by atoms with Crippen LogP contribution in [0.3, 0.4) is 0 Å². The van der Waals surface area contributed by atoms with Crippen molar-refractivity contribution in [2.24, 2.45) is 0 Å². The summed E-state index contributed by atoms with van der Waals surface area (Å²) in [6.45, 7) is 0. The van der Waals surface area contributed by atoms with Crippen molar-refractivity contribution < 1.29 is 4.39 Å². The Bertz CT molecular complexity index is 547. The van der Waals surface area contributed by atoms with Gasteiger partial charge in [-0.2, -0.15) is 0 Å². The Hall–Kier alpha value is -1.72. The minimum Gasteiger partial charge on any atom is -0.207 e. The highest BCUT2D eigenvalue weighted by Gasteiger charge is 1.92. The van der Waals surface area contributed by atoms with Crippen molar-refractivity contribution in [3.63, 3.8) is 0 Å². The predicted molar refractivity (Wildman–Crippen MR) is 66.1 cm³/mol. The molecule has 0 aliphatic carbocycles. The zero-order valence-corrected chi connectivity index (χ0v) is 9.34. The van der Waals surface area contributed by atoms with Gasteiger partial charge in [0, 0.05) is 16.0 Å². The van der Waals surface area contributed by atoms with Crippen LogP contribution in [0.2, 0.25) is 0 Å². The molecule has 0 unspecified atom stereocenters. The molecule has 16 heavy (non-hydrogen) atoms. The molecule has 0 spiro atoms. The lowest BCUT2D eigenvalue weighted by atomic mass is 10.2. The smallest absolute Gasteiger partial charge is 0.123 e. The molecule has 0 atom stereocenters. The zero-order valence-electron chi connectivity index (χ0n) is 8.44. The first-order chi connectivity index (χ1) is 7.75. The van der Waals surface area contributed by atoms with Crippen LogP contribution in [0.4, 0.5) is 4.39 Å². The molecule has 0 saturated heterocycles. The van der Waals surface area contributed by atoms with E-state index in [9.17, 15) is 4.39 Å². The number of benzene rings is 2. The molecule has 0 nitrogen and oxygen atoms in total. The van der Waals surface area contributed by atoms with Gasteiger partial charge in [0.2, 0.25) is 0 Å². The number of thiol groups is 1. The average Bonchev–Trinajstić information content (AvgIpc) is 2.30. The Balaban J connectivity index is 2.29. The molecule has 0 aliphatic rings. The molecule has 0 N–H and O–H groups in total. The van der Waals surface area contributed by atoms with E-state index in [1.807, 2.05) is 24.3 Å². The minimum absolute atomic E-state index is 0.250. The van der Waals surface area contributed by atoms with E-state index in [0.717, 1.165) is 16.0 Å². The van der Waals surface area contributed by atoms with E-state index in [4.69, 9.17) is 0 Å². The standard InChI is InChI=1S/C14H9FS/c15-13-9-6-11(7-10-13)5-8-12-3-1-2-4-14(12)16/h1-4,6-7,9-10,16H. The number of hydrogen-bond donors (Lipinski definition) is 1. The summed E-state index contributed by atoms with van der Waals surface area (Å²) in [7, 11) is 0. The van der Waals surface area contributed by atoms with Crippen LogP contribution in [0.1, 0.15) is 11.1 Å². The third-order valence-electron chi connectivity index (χ3n) is 2.09. The molecule has 0 bridgehead atoms. The molecular weight excluding hydrogens is 219 g/mol. The molecule has 2 aromatic rings. The molecule has 78 valence electrons. The van der Waals surface area contributed by atoms with Crippen LogP contribution in [-0.2, 0) is 0 Å². The van der Waals surface area contributed by atoms with Crippen molar-refractivity contribution in [2.75, 3.05) is 0 Å². The lowest BCUT2D eigenvalue weighted by Gasteiger charge is -1.94. The van der Waals surface area contributed by atoms with Gasteiger partial charge in [-0.1, -0.05) is 24.0 Å². The third-order valence-corrected chi connectivity index (χ3v) is 2.48. The normalized spacial score (nSPS) is 9.38. The van der Waals surface area contributed by atoms with Gasteiger partial charge >= 0.3 is 0 Å². The Morgan fingerprint density at radius 2 is 1.56 bits per heavy atom. The molecule has 0 radical (unpaired) electrons. The lowest BCUT2D eigenvalue weighted by molar-refractivity contribution is 0.627.